The van der Waals surface area contributed by atoms with Crippen molar-refractivity contribution in [2.24, 2.45) is 11.8 Å². The molecule has 0 radical (unpaired) electrons. The van der Waals surface area contributed by atoms with Gasteiger partial charge in [-0.1, -0.05) is 27.7 Å². The molecule has 1 aliphatic rings. The van der Waals surface area contributed by atoms with Gasteiger partial charge < -0.3 is 20.7 Å². The molecule has 162 valence electrons. The van der Waals surface area contributed by atoms with Crippen LogP contribution >= 0.6 is 0 Å². The van der Waals surface area contributed by atoms with E-state index in [-0.39, 0.29) is 30.1 Å². The number of rotatable bonds is 15. The van der Waals surface area contributed by atoms with Crippen LogP contribution in [0.15, 0.2) is 0 Å². The molecule has 1 fully saturated rings. The zero-order valence-corrected chi connectivity index (χ0v) is 17.8. The molecule has 0 aromatic carbocycles. The summed E-state index contributed by atoms with van der Waals surface area (Å²) in [6, 6.07) is -1.51. The van der Waals surface area contributed by atoms with E-state index in [4.69, 9.17) is 0 Å². The third-order valence-electron chi connectivity index (χ3n) is 5.30. The minimum atomic E-state index is -0.793. The number of ketones is 1. The maximum atomic E-state index is 12.6. The molecule has 8 nitrogen and oxygen atoms in total. The van der Waals surface area contributed by atoms with E-state index in [0.29, 0.717) is 6.42 Å². The van der Waals surface area contributed by atoms with Gasteiger partial charge >= 0.3 is 0 Å². The van der Waals surface area contributed by atoms with Crippen LogP contribution in [0.1, 0.15) is 59.8 Å². The smallest absolute Gasteiger partial charge is 0.242 e. The highest BCUT2D eigenvalue weighted by molar-refractivity contribution is 5.93. The second kappa shape index (κ2) is 12.9. The maximum Gasteiger partial charge on any atom is 0.242 e. The number of hydrogen-bond donors (Lipinski definition) is 4. The Balaban J connectivity index is 2.59. The van der Waals surface area contributed by atoms with Crippen molar-refractivity contribution in [3.63, 3.8) is 0 Å². The van der Waals surface area contributed by atoms with Crippen molar-refractivity contribution in [3.8, 4) is 0 Å². The summed E-state index contributed by atoms with van der Waals surface area (Å²) in [4.78, 5) is 39.2. The minimum Gasteiger partial charge on any atom is -0.347 e. The van der Waals surface area contributed by atoms with Crippen molar-refractivity contribution in [3.05, 3.63) is 0 Å². The van der Waals surface area contributed by atoms with Gasteiger partial charge in [-0.2, -0.15) is 5.48 Å². The fourth-order valence-electron chi connectivity index (χ4n) is 3.11. The summed E-state index contributed by atoms with van der Waals surface area (Å²) in [6.07, 6.45) is 4.00. The van der Waals surface area contributed by atoms with Crippen LogP contribution in [0.2, 0.25) is 0 Å². The van der Waals surface area contributed by atoms with Crippen LogP contribution in [0.25, 0.3) is 0 Å². The van der Waals surface area contributed by atoms with E-state index < -0.39 is 18.0 Å². The quantitative estimate of drug-likeness (QED) is 0.243. The molecule has 2 amide bonds. The Hall–Kier alpha value is -1.51. The highest BCUT2D eigenvalue weighted by Gasteiger charge is 2.31. The summed E-state index contributed by atoms with van der Waals surface area (Å²) >= 11 is 0. The molecule has 0 aliphatic heterocycles. The highest BCUT2D eigenvalue weighted by Crippen LogP contribution is 2.29. The number of hydroxylamine groups is 1. The molecular formula is C20H38N4O4. The molecule has 0 heterocycles. The van der Waals surface area contributed by atoms with E-state index >= 15 is 0 Å². The lowest BCUT2D eigenvalue weighted by Crippen LogP contribution is -2.54. The molecule has 28 heavy (non-hydrogen) atoms. The van der Waals surface area contributed by atoms with Crippen molar-refractivity contribution in [1.82, 2.24) is 21.0 Å². The average molecular weight is 399 g/mol. The Labute approximate surface area is 168 Å². The van der Waals surface area contributed by atoms with Crippen LogP contribution in [-0.4, -0.2) is 66.0 Å². The summed E-state index contributed by atoms with van der Waals surface area (Å²) in [6.45, 7) is 10.8. The number of hydrogen-bond acceptors (Lipinski definition) is 6. The van der Waals surface area contributed by atoms with Gasteiger partial charge in [0.25, 0.3) is 0 Å². The number of nitrogens with zero attached hydrogens (tertiary/aromatic N) is 1. The molecule has 0 spiro atoms. The number of Topliss-reactive ketones (excluding diaryl/α,β-unsaturated/α-hetero) is 1. The van der Waals surface area contributed by atoms with Crippen LogP contribution in [0.3, 0.4) is 0 Å². The number of carbonyl (C=O) groups excluding carboxylic acids is 3. The van der Waals surface area contributed by atoms with E-state index in [1.807, 2.05) is 5.48 Å². The second-order valence-electron chi connectivity index (χ2n) is 7.89. The minimum absolute atomic E-state index is 0.0151. The summed E-state index contributed by atoms with van der Waals surface area (Å²) in [7, 11) is 0. The first-order valence-electron chi connectivity index (χ1n) is 10.6. The largest absolute Gasteiger partial charge is 0.347 e. The van der Waals surface area contributed by atoms with Crippen molar-refractivity contribution in [2.75, 3.05) is 26.2 Å². The molecule has 4 N–H and O–H groups in total. The van der Waals surface area contributed by atoms with Crippen LogP contribution in [0, 0.1) is 11.8 Å². The normalized spacial score (nSPS) is 16.1. The van der Waals surface area contributed by atoms with E-state index in [9.17, 15) is 19.6 Å². The molecule has 1 saturated carbocycles. The van der Waals surface area contributed by atoms with Gasteiger partial charge in [-0.3, -0.25) is 14.4 Å². The third-order valence-corrected chi connectivity index (χ3v) is 5.30. The standard InChI is InChI=1S/C20H38N4O4/c1-5-24(6-2)12-8-7-9-16(22-20(27)18(23-28)14(3)4)19(26)21-13-17(25)15-10-11-15/h14-16,18,23,28H,5-13H2,1-4H3,(H,21,26)(H,22,27)/t16-,18-/m0/s1. The third kappa shape index (κ3) is 8.67. The Morgan fingerprint density at radius 1 is 1.07 bits per heavy atom. The second-order valence-corrected chi connectivity index (χ2v) is 7.89. The van der Waals surface area contributed by atoms with E-state index in [0.717, 1.165) is 45.3 Å². The molecule has 1 rings (SSSR count). The Morgan fingerprint density at radius 2 is 1.71 bits per heavy atom. The first-order valence-corrected chi connectivity index (χ1v) is 10.6. The fourth-order valence-corrected chi connectivity index (χ4v) is 3.11. The summed E-state index contributed by atoms with van der Waals surface area (Å²) < 4.78 is 0. The Morgan fingerprint density at radius 3 is 2.21 bits per heavy atom. The van der Waals surface area contributed by atoms with Gasteiger partial charge in [-0.25, -0.2) is 0 Å². The molecule has 0 aromatic rings. The number of unbranched alkanes of at least 4 members (excludes halogenated alkanes) is 1. The van der Waals surface area contributed by atoms with Crippen LogP contribution in [0.5, 0.6) is 0 Å². The Kier molecular flexibility index (Phi) is 11.3. The van der Waals surface area contributed by atoms with Crippen LogP contribution in [0.4, 0.5) is 0 Å². The van der Waals surface area contributed by atoms with Gasteiger partial charge in [0.2, 0.25) is 11.8 Å². The van der Waals surface area contributed by atoms with Crippen molar-refractivity contribution in [1.29, 1.82) is 0 Å². The zero-order valence-electron chi connectivity index (χ0n) is 17.8. The van der Waals surface area contributed by atoms with Crippen LogP contribution in [-0.2, 0) is 14.4 Å². The molecule has 1 aliphatic carbocycles. The lowest BCUT2D eigenvalue weighted by molar-refractivity contribution is -0.133. The van der Waals surface area contributed by atoms with Gasteiger partial charge in [0.15, 0.2) is 5.78 Å². The van der Waals surface area contributed by atoms with Gasteiger partial charge in [0.05, 0.1) is 6.54 Å². The lowest BCUT2D eigenvalue weighted by atomic mass is 10.0. The average Bonchev–Trinajstić information content (AvgIpc) is 3.50. The molecule has 0 bridgehead atoms. The first kappa shape index (κ1) is 24.5. The van der Waals surface area contributed by atoms with Gasteiger partial charge in [-0.15, -0.1) is 0 Å². The SMILES string of the molecule is CCN(CC)CCCC[C@H](NC(=O)[C@@H](NO)C(C)C)C(=O)NCC(=O)C1CC1. The number of amides is 2. The maximum absolute atomic E-state index is 12.6. The lowest BCUT2D eigenvalue weighted by Gasteiger charge is -2.24. The summed E-state index contributed by atoms with van der Waals surface area (Å²) in [5, 5.41) is 14.6. The van der Waals surface area contributed by atoms with Crippen molar-refractivity contribution >= 4 is 17.6 Å². The summed E-state index contributed by atoms with van der Waals surface area (Å²) in [5.74, 6) is -0.753. The Bertz CT molecular complexity index is 504. The van der Waals surface area contributed by atoms with E-state index in [1.54, 1.807) is 13.8 Å². The molecule has 0 aromatic heterocycles. The fraction of sp³-hybridized carbons (Fsp3) is 0.850. The first-order chi connectivity index (χ1) is 13.3. The highest BCUT2D eigenvalue weighted by atomic mass is 16.5. The van der Waals surface area contributed by atoms with Crippen LogP contribution < -0.4 is 16.1 Å². The monoisotopic (exact) mass is 398 g/mol. The number of carbonyl (C=O) groups is 3. The van der Waals surface area contributed by atoms with Gasteiger partial charge in [0, 0.05) is 5.92 Å². The molecule has 2 atom stereocenters. The van der Waals surface area contributed by atoms with E-state index in [1.165, 1.54) is 0 Å². The zero-order chi connectivity index (χ0) is 21.1. The summed E-state index contributed by atoms with van der Waals surface area (Å²) in [5.41, 5.74) is 2.01. The topological polar surface area (TPSA) is 111 Å². The van der Waals surface area contributed by atoms with Gasteiger partial charge in [-0.05, 0) is 57.7 Å². The number of nitrogens with one attached hydrogen (secondary N) is 3. The molecule has 0 unspecified atom stereocenters. The predicted molar refractivity (Wildman–Crippen MR) is 108 cm³/mol. The predicted octanol–water partition coefficient (Wildman–Crippen LogP) is 1.08. The molecule has 8 heteroatoms. The van der Waals surface area contributed by atoms with Gasteiger partial charge in [0.1, 0.15) is 12.1 Å². The molecule has 0 saturated heterocycles. The molecular weight excluding hydrogens is 360 g/mol. The van der Waals surface area contributed by atoms with E-state index in [2.05, 4.69) is 29.4 Å². The van der Waals surface area contributed by atoms with Crippen molar-refractivity contribution < 1.29 is 19.6 Å². The van der Waals surface area contributed by atoms with Crippen molar-refractivity contribution in [2.45, 2.75) is 71.9 Å².